The molecule has 0 aromatic carbocycles. The van der Waals surface area contributed by atoms with Gasteiger partial charge in [0.1, 0.15) is 0 Å². The van der Waals surface area contributed by atoms with Crippen LogP contribution < -0.4 is 16.4 Å². The summed E-state index contributed by atoms with van der Waals surface area (Å²) in [7, 11) is 1.90. The molecule has 4 N–H and O–H groups in total. The third-order valence-corrected chi connectivity index (χ3v) is 3.21. The molecule has 0 atom stereocenters. The molecule has 7 heteroatoms. The Morgan fingerprint density at radius 2 is 1.94 bits per heavy atom. The Kier molecular flexibility index (Phi) is 3.38. The van der Waals surface area contributed by atoms with E-state index in [2.05, 4.69) is 26.4 Å². The average molecular weight is 250 g/mol. The smallest absolute Gasteiger partial charge is 0.231 e. The van der Waals surface area contributed by atoms with Crippen LogP contribution in [0.1, 0.15) is 4.88 Å². The fraction of sp³-hybridized carbons (Fsp3) is 0.300. The number of hydrogen-bond acceptors (Lipinski definition) is 7. The topological polar surface area (TPSA) is 94.0 Å². The van der Waals surface area contributed by atoms with Crippen molar-refractivity contribution < 1.29 is 0 Å². The third-order valence-electron chi connectivity index (χ3n) is 2.27. The largest absolute Gasteiger partial charge is 0.368 e. The molecule has 90 valence electrons. The van der Waals surface area contributed by atoms with Crippen LogP contribution in [0.25, 0.3) is 0 Å². The van der Waals surface area contributed by atoms with Crippen molar-refractivity contribution in [3.8, 4) is 0 Å². The summed E-state index contributed by atoms with van der Waals surface area (Å²) in [6.07, 6.45) is 0.944. The molecule has 0 aliphatic heterocycles. The molecule has 0 spiro atoms. The van der Waals surface area contributed by atoms with Gasteiger partial charge in [0.05, 0.1) is 0 Å². The summed E-state index contributed by atoms with van der Waals surface area (Å²) in [5.74, 6) is 0.803. The number of aromatic nitrogens is 3. The van der Waals surface area contributed by atoms with E-state index in [0.717, 1.165) is 13.0 Å². The molecule has 0 amide bonds. The predicted molar refractivity (Wildman–Crippen MR) is 69.9 cm³/mol. The highest BCUT2D eigenvalue weighted by atomic mass is 32.1. The molecular weight excluding hydrogens is 236 g/mol. The minimum absolute atomic E-state index is 0.149. The van der Waals surface area contributed by atoms with E-state index < -0.39 is 0 Å². The number of nitrogens with zero attached hydrogens (tertiary/aromatic N) is 4. The fourth-order valence-corrected chi connectivity index (χ4v) is 2.10. The van der Waals surface area contributed by atoms with E-state index in [0.29, 0.717) is 5.95 Å². The summed E-state index contributed by atoms with van der Waals surface area (Å²) in [5, 5.41) is 2.06. The predicted octanol–water partition coefficient (Wildman–Crippen LogP) is 0.776. The first-order valence-corrected chi connectivity index (χ1v) is 6.03. The van der Waals surface area contributed by atoms with Crippen LogP contribution in [-0.2, 0) is 6.42 Å². The highest BCUT2D eigenvalue weighted by Gasteiger charge is 2.07. The number of rotatable bonds is 4. The average Bonchev–Trinajstić information content (AvgIpc) is 2.77. The van der Waals surface area contributed by atoms with Gasteiger partial charge in [0.2, 0.25) is 17.8 Å². The maximum Gasteiger partial charge on any atom is 0.231 e. The number of hydrogen-bond donors (Lipinski definition) is 2. The van der Waals surface area contributed by atoms with Crippen molar-refractivity contribution >= 4 is 29.2 Å². The first-order valence-electron chi connectivity index (χ1n) is 5.15. The lowest BCUT2D eigenvalue weighted by Crippen LogP contribution is -2.23. The third kappa shape index (κ3) is 3.04. The molecule has 0 saturated carbocycles. The molecule has 2 rings (SSSR count). The van der Waals surface area contributed by atoms with Gasteiger partial charge in [-0.05, 0) is 17.9 Å². The number of anilines is 3. The summed E-state index contributed by atoms with van der Waals surface area (Å²) in [4.78, 5) is 15.0. The maximum absolute atomic E-state index is 5.52. The Morgan fingerprint density at radius 3 is 2.53 bits per heavy atom. The van der Waals surface area contributed by atoms with E-state index in [1.165, 1.54) is 4.88 Å². The standard InChI is InChI=1S/C10H14N6S/c1-16(5-4-7-3-2-6-17-7)10-14-8(11)13-9(12)15-10/h2-3,6H,4-5H2,1H3,(H4,11,12,13,14,15). The van der Waals surface area contributed by atoms with Crippen LogP contribution in [0.2, 0.25) is 0 Å². The first-order chi connectivity index (χ1) is 8.15. The van der Waals surface area contributed by atoms with E-state index in [1.54, 1.807) is 11.3 Å². The van der Waals surface area contributed by atoms with Gasteiger partial charge in [-0.2, -0.15) is 15.0 Å². The van der Waals surface area contributed by atoms with E-state index in [9.17, 15) is 0 Å². The van der Waals surface area contributed by atoms with Crippen LogP contribution in [0.4, 0.5) is 17.8 Å². The number of thiophene rings is 1. The van der Waals surface area contributed by atoms with Gasteiger partial charge in [-0.3, -0.25) is 0 Å². The van der Waals surface area contributed by atoms with Crippen molar-refractivity contribution in [3.05, 3.63) is 22.4 Å². The molecule has 0 bridgehead atoms. The lowest BCUT2D eigenvalue weighted by Gasteiger charge is -2.16. The molecule has 0 radical (unpaired) electrons. The molecule has 17 heavy (non-hydrogen) atoms. The highest BCUT2D eigenvalue weighted by Crippen LogP contribution is 2.12. The lowest BCUT2D eigenvalue weighted by molar-refractivity contribution is 0.840. The molecule has 0 unspecified atom stereocenters. The van der Waals surface area contributed by atoms with Gasteiger partial charge >= 0.3 is 0 Å². The summed E-state index contributed by atoms with van der Waals surface area (Å²) in [5.41, 5.74) is 11.0. The van der Waals surface area contributed by atoms with Gasteiger partial charge in [-0.25, -0.2) is 0 Å². The van der Waals surface area contributed by atoms with Gasteiger partial charge in [-0.1, -0.05) is 6.07 Å². The molecule has 0 saturated heterocycles. The van der Waals surface area contributed by atoms with Crippen LogP contribution in [0.3, 0.4) is 0 Å². The first kappa shape index (κ1) is 11.6. The monoisotopic (exact) mass is 250 g/mol. The van der Waals surface area contributed by atoms with Gasteiger partial charge in [0.15, 0.2) is 0 Å². The maximum atomic E-state index is 5.52. The molecule has 2 aromatic heterocycles. The molecule has 0 aliphatic rings. The zero-order chi connectivity index (χ0) is 12.3. The summed E-state index contributed by atoms with van der Waals surface area (Å²) in [6, 6.07) is 4.15. The van der Waals surface area contributed by atoms with Crippen molar-refractivity contribution in [2.24, 2.45) is 0 Å². The molecule has 0 aliphatic carbocycles. The van der Waals surface area contributed by atoms with Crippen molar-refractivity contribution in [1.82, 2.24) is 15.0 Å². The molecule has 6 nitrogen and oxygen atoms in total. The Hall–Kier alpha value is -1.89. The van der Waals surface area contributed by atoms with E-state index in [4.69, 9.17) is 11.5 Å². The van der Waals surface area contributed by atoms with Crippen LogP contribution in [0.5, 0.6) is 0 Å². The Bertz CT molecular complexity index is 463. The van der Waals surface area contributed by atoms with Crippen LogP contribution >= 0.6 is 11.3 Å². The minimum atomic E-state index is 0.149. The second-order valence-corrected chi connectivity index (χ2v) is 4.63. The second-order valence-electron chi connectivity index (χ2n) is 3.60. The van der Waals surface area contributed by atoms with E-state index in [1.807, 2.05) is 18.0 Å². The van der Waals surface area contributed by atoms with Gasteiger partial charge in [0, 0.05) is 18.5 Å². The minimum Gasteiger partial charge on any atom is -0.368 e. The van der Waals surface area contributed by atoms with Crippen molar-refractivity contribution in [2.75, 3.05) is 30.0 Å². The van der Waals surface area contributed by atoms with Gasteiger partial charge in [0.25, 0.3) is 0 Å². The second kappa shape index (κ2) is 4.96. The van der Waals surface area contributed by atoms with Crippen molar-refractivity contribution in [3.63, 3.8) is 0 Å². The quantitative estimate of drug-likeness (QED) is 0.832. The lowest BCUT2D eigenvalue weighted by atomic mass is 10.3. The van der Waals surface area contributed by atoms with Gasteiger partial charge in [-0.15, -0.1) is 11.3 Å². The van der Waals surface area contributed by atoms with Gasteiger partial charge < -0.3 is 16.4 Å². The SMILES string of the molecule is CN(CCc1cccs1)c1nc(N)nc(N)n1. The van der Waals surface area contributed by atoms with E-state index >= 15 is 0 Å². The van der Waals surface area contributed by atoms with Crippen LogP contribution in [-0.4, -0.2) is 28.5 Å². The zero-order valence-electron chi connectivity index (χ0n) is 9.50. The molecule has 2 aromatic rings. The molecular formula is C10H14N6S. The molecule has 0 fully saturated rings. The van der Waals surface area contributed by atoms with Crippen LogP contribution in [0, 0.1) is 0 Å². The fourth-order valence-electron chi connectivity index (χ4n) is 1.40. The summed E-state index contributed by atoms with van der Waals surface area (Å²) >= 11 is 1.74. The Morgan fingerprint density at radius 1 is 1.24 bits per heavy atom. The highest BCUT2D eigenvalue weighted by molar-refractivity contribution is 7.09. The number of nitrogen functional groups attached to an aromatic ring is 2. The van der Waals surface area contributed by atoms with Crippen molar-refractivity contribution in [1.29, 1.82) is 0 Å². The number of nitrogens with two attached hydrogens (primary N) is 2. The zero-order valence-corrected chi connectivity index (χ0v) is 10.3. The Labute approximate surface area is 103 Å². The Balaban J connectivity index is 2.01. The van der Waals surface area contributed by atoms with Crippen LogP contribution in [0.15, 0.2) is 17.5 Å². The number of likely N-dealkylation sites (N-methyl/N-ethyl adjacent to an activating group) is 1. The van der Waals surface area contributed by atoms with E-state index in [-0.39, 0.29) is 11.9 Å². The summed E-state index contributed by atoms with van der Waals surface area (Å²) in [6.45, 7) is 0.809. The van der Waals surface area contributed by atoms with Crippen molar-refractivity contribution in [2.45, 2.75) is 6.42 Å². The summed E-state index contributed by atoms with van der Waals surface area (Å²) < 4.78 is 0. The normalized spacial score (nSPS) is 10.4. The molecule has 2 heterocycles.